The van der Waals surface area contributed by atoms with E-state index in [-0.39, 0.29) is 21.8 Å². The Labute approximate surface area is 143 Å². The number of nitrogens with two attached hydrogens (primary N) is 1. The second-order valence-electron chi connectivity index (χ2n) is 4.83. The van der Waals surface area contributed by atoms with E-state index in [1.165, 1.54) is 4.31 Å². The topological polar surface area (TPSA) is 75.4 Å². The van der Waals surface area contributed by atoms with Crippen LogP contribution in [0.5, 0.6) is 0 Å². The summed E-state index contributed by atoms with van der Waals surface area (Å²) in [7, 11) is -3.70. The van der Waals surface area contributed by atoms with Crippen LogP contribution < -0.4 is 10.5 Å². The standard InChI is InChI=1S/C12H16BrCl2N3O2S/c13-9-4-5-10(12(15)11(9)14)17-21(19,20)18-6-2-1-3-8(18)7-16/h4-5,8,17H,1-3,6-7,16H2. The summed E-state index contributed by atoms with van der Waals surface area (Å²) in [6, 6.07) is 3.03. The molecule has 0 spiro atoms. The molecule has 0 bridgehead atoms. The molecule has 1 aliphatic heterocycles. The predicted molar refractivity (Wildman–Crippen MR) is 90.1 cm³/mol. The van der Waals surface area contributed by atoms with Crippen molar-refractivity contribution in [3.63, 3.8) is 0 Å². The highest BCUT2D eigenvalue weighted by molar-refractivity contribution is 9.10. The third kappa shape index (κ3) is 3.83. The average molecular weight is 417 g/mol. The Kier molecular flexibility index (Phi) is 5.78. The van der Waals surface area contributed by atoms with Gasteiger partial charge in [0.05, 0.1) is 15.7 Å². The number of hydrogen-bond acceptors (Lipinski definition) is 3. The molecule has 5 nitrogen and oxygen atoms in total. The maximum atomic E-state index is 12.5. The van der Waals surface area contributed by atoms with Gasteiger partial charge in [-0.1, -0.05) is 29.6 Å². The smallest absolute Gasteiger partial charge is 0.301 e. The summed E-state index contributed by atoms with van der Waals surface area (Å²) in [6.45, 7) is 0.759. The molecule has 1 saturated heterocycles. The van der Waals surface area contributed by atoms with Gasteiger partial charge in [0.1, 0.15) is 0 Å². The van der Waals surface area contributed by atoms with Crippen molar-refractivity contribution in [3.05, 3.63) is 26.7 Å². The van der Waals surface area contributed by atoms with Crippen molar-refractivity contribution in [1.29, 1.82) is 0 Å². The van der Waals surface area contributed by atoms with Gasteiger partial charge in [0.25, 0.3) is 0 Å². The highest BCUT2D eigenvalue weighted by Gasteiger charge is 2.32. The molecule has 0 aromatic heterocycles. The summed E-state index contributed by atoms with van der Waals surface area (Å²) >= 11 is 15.3. The zero-order chi connectivity index (χ0) is 15.6. The molecule has 1 aliphatic rings. The minimum atomic E-state index is -3.70. The molecule has 1 heterocycles. The molecule has 0 amide bonds. The van der Waals surface area contributed by atoms with E-state index in [0.717, 1.165) is 19.3 Å². The fourth-order valence-electron chi connectivity index (χ4n) is 2.33. The molecule has 118 valence electrons. The maximum absolute atomic E-state index is 12.5. The van der Waals surface area contributed by atoms with Gasteiger partial charge in [-0.15, -0.1) is 0 Å². The van der Waals surface area contributed by atoms with Gasteiger partial charge in [-0.05, 0) is 40.9 Å². The molecule has 1 aromatic carbocycles. The summed E-state index contributed by atoms with van der Waals surface area (Å²) in [5.41, 5.74) is 5.93. The van der Waals surface area contributed by atoms with Gasteiger partial charge in [-0.2, -0.15) is 12.7 Å². The third-order valence-corrected chi connectivity index (χ3v) is 6.78. The second-order valence-corrected chi connectivity index (χ2v) is 8.06. The van der Waals surface area contributed by atoms with E-state index in [0.29, 0.717) is 17.6 Å². The van der Waals surface area contributed by atoms with E-state index in [1.807, 2.05) is 0 Å². The lowest BCUT2D eigenvalue weighted by molar-refractivity contribution is 0.259. The molecule has 3 N–H and O–H groups in total. The molecular formula is C12H16BrCl2N3O2S. The van der Waals surface area contributed by atoms with Crippen molar-refractivity contribution >= 4 is 55.0 Å². The number of benzene rings is 1. The molecule has 0 saturated carbocycles. The van der Waals surface area contributed by atoms with Crippen molar-refractivity contribution in [3.8, 4) is 0 Å². The summed E-state index contributed by atoms with van der Waals surface area (Å²) < 4.78 is 29.5. The average Bonchev–Trinajstić information content (AvgIpc) is 2.48. The number of nitrogens with zero attached hydrogens (tertiary/aromatic N) is 1. The number of rotatable bonds is 4. The van der Waals surface area contributed by atoms with Crippen LogP contribution >= 0.6 is 39.1 Å². The van der Waals surface area contributed by atoms with Gasteiger partial charge < -0.3 is 5.73 Å². The minimum absolute atomic E-state index is 0.163. The highest BCUT2D eigenvalue weighted by atomic mass is 79.9. The third-order valence-electron chi connectivity index (χ3n) is 3.43. The highest BCUT2D eigenvalue weighted by Crippen LogP contribution is 2.36. The van der Waals surface area contributed by atoms with E-state index in [9.17, 15) is 8.42 Å². The van der Waals surface area contributed by atoms with Crippen LogP contribution in [0.2, 0.25) is 10.0 Å². The molecule has 0 radical (unpaired) electrons. The lowest BCUT2D eigenvalue weighted by Crippen LogP contribution is -2.49. The number of hydrogen-bond donors (Lipinski definition) is 2. The van der Waals surface area contributed by atoms with Crippen LogP contribution in [0, 0.1) is 0 Å². The molecule has 1 atom stereocenters. The molecule has 1 fully saturated rings. The Balaban J connectivity index is 2.27. The van der Waals surface area contributed by atoms with Gasteiger partial charge in [-0.3, -0.25) is 4.72 Å². The van der Waals surface area contributed by atoms with Gasteiger partial charge in [0, 0.05) is 23.6 Å². The van der Waals surface area contributed by atoms with Crippen LogP contribution in [0.15, 0.2) is 16.6 Å². The van der Waals surface area contributed by atoms with E-state index in [1.54, 1.807) is 12.1 Å². The Morgan fingerprint density at radius 1 is 1.33 bits per heavy atom. The monoisotopic (exact) mass is 415 g/mol. The fourth-order valence-corrected chi connectivity index (χ4v) is 4.72. The van der Waals surface area contributed by atoms with Crippen LogP contribution in [0.25, 0.3) is 0 Å². The molecule has 1 unspecified atom stereocenters. The first-order valence-electron chi connectivity index (χ1n) is 6.50. The number of anilines is 1. The number of nitrogens with one attached hydrogen (secondary N) is 1. The van der Waals surface area contributed by atoms with E-state index < -0.39 is 10.2 Å². The van der Waals surface area contributed by atoms with Gasteiger partial charge >= 0.3 is 10.2 Å². The van der Waals surface area contributed by atoms with Crippen molar-refractivity contribution in [1.82, 2.24) is 4.31 Å². The van der Waals surface area contributed by atoms with Crippen molar-refractivity contribution in [2.24, 2.45) is 5.73 Å². The number of halogens is 3. The molecule has 2 rings (SSSR count). The van der Waals surface area contributed by atoms with Crippen molar-refractivity contribution < 1.29 is 8.42 Å². The quantitative estimate of drug-likeness (QED) is 0.739. The van der Waals surface area contributed by atoms with Crippen LogP contribution in [0.4, 0.5) is 5.69 Å². The summed E-state index contributed by atoms with van der Waals surface area (Å²) in [6.07, 6.45) is 2.58. The fraction of sp³-hybridized carbons (Fsp3) is 0.500. The first kappa shape index (κ1) is 17.3. The normalized spacial score (nSPS) is 20.5. The van der Waals surface area contributed by atoms with Crippen LogP contribution in [0.3, 0.4) is 0 Å². The second kappa shape index (κ2) is 7.02. The Hall–Kier alpha value is -0.0500. The lowest BCUT2D eigenvalue weighted by Gasteiger charge is -2.34. The van der Waals surface area contributed by atoms with Crippen LogP contribution in [0.1, 0.15) is 19.3 Å². The Morgan fingerprint density at radius 3 is 2.71 bits per heavy atom. The Bertz CT molecular complexity index is 627. The first-order chi connectivity index (χ1) is 9.86. The van der Waals surface area contributed by atoms with Crippen molar-refractivity contribution in [2.45, 2.75) is 25.3 Å². The first-order valence-corrected chi connectivity index (χ1v) is 9.49. The molecule has 9 heteroatoms. The van der Waals surface area contributed by atoms with E-state index >= 15 is 0 Å². The molecule has 0 aliphatic carbocycles. The SMILES string of the molecule is NCC1CCCCN1S(=O)(=O)Nc1ccc(Br)c(Cl)c1Cl. The van der Waals surface area contributed by atoms with E-state index in [2.05, 4.69) is 20.7 Å². The van der Waals surface area contributed by atoms with Gasteiger partial charge in [0.2, 0.25) is 0 Å². The molecule has 1 aromatic rings. The summed E-state index contributed by atoms with van der Waals surface area (Å²) in [5.74, 6) is 0. The summed E-state index contributed by atoms with van der Waals surface area (Å²) in [4.78, 5) is 0. The zero-order valence-electron chi connectivity index (χ0n) is 11.2. The van der Waals surface area contributed by atoms with Crippen molar-refractivity contribution in [2.75, 3.05) is 17.8 Å². The maximum Gasteiger partial charge on any atom is 0.301 e. The minimum Gasteiger partial charge on any atom is -0.329 e. The summed E-state index contributed by atoms with van der Waals surface area (Å²) in [5, 5.41) is 0.432. The van der Waals surface area contributed by atoms with E-state index in [4.69, 9.17) is 28.9 Å². The Morgan fingerprint density at radius 2 is 2.05 bits per heavy atom. The molecular weight excluding hydrogens is 401 g/mol. The number of piperidine rings is 1. The van der Waals surface area contributed by atoms with Crippen LogP contribution in [-0.4, -0.2) is 31.9 Å². The van der Waals surface area contributed by atoms with Crippen LogP contribution in [-0.2, 0) is 10.2 Å². The zero-order valence-corrected chi connectivity index (χ0v) is 15.1. The molecule has 21 heavy (non-hydrogen) atoms. The lowest BCUT2D eigenvalue weighted by atomic mass is 10.1. The predicted octanol–water partition coefficient (Wildman–Crippen LogP) is 3.23. The van der Waals surface area contributed by atoms with Gasteiger partial charge in [-0.25, -0.2) is 0 Å². The van der Waals surface area contributed by atoms with Gasteiger partial charge in [0.15, 0.2) is 0 Å². The largest absolute Gasteiger partial charge is 0.329 e.